The lowest BCUT2D eigenvalue weighted by Gasteiger charge is -2.08. The molecule has 0 amide bonds. The highest BCUT2D eigenvalue weighted by atomic mass is 35.5. The first-order valence-electron chi connectivity index (χ1n) is 4.70. The Morgan fingerprint density at radius 3 is 2.75 bits per heavy atom. The number of methoxy groups -OCH3 is 1. The predicted molar refractivity (Wildman–Crippen MR) is 56.5 cm³/mol. The highest BCUT2D eigenvalue weighted by Gasteiger charge is 2.34. The number of carbonyl (C=O) groups is 2. The molecule has 84 valence electrons. The maximum atomic E-state index is 11.4. The number of esters is 2. The Morgan fingerprint density at radius 1 is 1.44 bits per heavy atom. The summed E-state index contributed by atoms with van der Waals surface area (Å²) in [6.07, 6.45) is 0.0730. The normalized spacial score (nSPS) is 19.8. The van der Waals surface area contributed by atoms with Crippen molar-refractivity contribution in [2.24, 2.45) is 0 Å². The van der Waals surface area contributed by atoms with Crippen LogP contribution in [0.3, 0.4) is 0 Å². The smallest absolute Gasteiger partial charge is 0.321 e. The van der Waals surface area contributed by atoms with Crippen molar-refractivity contribution in [2.45, 2.75) is 12.3 Å². The number of hydrogen-bond acceptors (Lipinski definition) is 4. The second-order valence-electron chi connectivity index (χ2n) is 3.44. The highest BCUT2D eigenvalue weighted by molar-refractivity contribution is 6.32. The minimum atomic E-state index is -0.543. The quantitative estimate of drug-likeness (QED) is 0.585. The largest absolute Gasteiger partial charge is 0.495 e. The van der Waals surface area contributed by atoms with E-state index in [1.807, 2.05) is 0 Å². The zero-order valence-electron chi connectivity index (χ0n) is 8.53. The minimum absolute atomic E-state index is 0.0730. The van der Waals surface area contributed by atoms with Crippen LogP contribution in [-0.4, -0.2) is 19.0 Å². The fraction of sp³-hybridized carbons (Fsp3) is 0.273. The van der Waals surface area contributed by atoms with Crippen LogP contribution in [0.1, 0.15) is 17.9 Å². The molecule has 0 radical (unpaired) electrons. The maximum Gasteiger partial charge on any atom is 0.321 e. The lowest BCUT2D eigenvalue weighted by atomic mass is 9.97. The molecule has 0 aliphatic carbocycles. The summed E-state index contributed by atoms with van der Waals surface area (Å²) in [5.41, 5.74) is 0.678. The van der Waals surface area contributed by atoms with Crippen LogP contribution >= 0.6 is 11.6 Å². The van der Waals surface area contributed by atoms with E-state index in [-0.39, 0.29) is 6.42 Å². The number of ether oxygens (including phenoxy) is 2. The van der Waals surface area contributed by atoms with Crippen molar-refractivity contribution >= 4 is 23.5 Å². The molecule has 1 aromatic rings. The van der Waals surface area contributed by atoms with Gasteiger partial charge in [-0.3, -0.25) is 9.59 Å². The number of carbonyl (C=O) groups excluding carboxylic acids is 2. The summed E-state index contributed by atoms with van der Waals surface area (Å²) in [4.78, 5) is 22.3. The van der Waals surface area contributed by atoms with Crippen molar-refractivity contribution < 1.29 is 19.1 Å². The van der Waals surface area contributed by atoms with E-state index in [0.29, 0.717) is 16.3 Å². The molecule has 1 aliphatic rings. The van der Waals surface area contributed by atoms with Crippen molar-refractivity contribution in [3.8, 4) is 5.75 Å². The Kier molecular flexibility index (Phi) is 2.83. The molecule has 0 spiro atoms. The van der Waals surface area contributed by atoms with Crippen LogP contribution in [0.2, 0.25) is 5.02 Å². The second-order valence-corrected chi connectivity index (χ2v) is 3.85. The van der Waals surface area contributed by atoms with E-state index < -0.39 is 17.9 Å². The van der Waals surface area contributed by atoms with Gasteiger partial charge in [0.05, 0.1) is 24.5 Å². The van der Waals surface area contributed by atoms with E-state index in [0.717, 1.165) is 0 Å². The lowest BCUT2D eigenvalue weighted by Crippen LogP contribution is -2.05. The molecular formula is C11H9ClO4. The van der Waals surface area contributed by atoms with Gasteiger partial charge in [0.25, 0.3) is 0 Å². The summed E-state index contributed by atoms with van der Waals surface area (Å²) in [6, 6.07) is 4.97. The zero-order valence-corrected chi connectivity index (χ0v) is 9.28. The molecule has 1 saturated heterocycles. The van der Waals surface area contributed by atoms with Crippen molar-refractivity contribution in [1.82, 2.24) is 0 Å². The van der Waals surface area contributed by atoms with Crippen LogP contribution in [-0.2, 0) is 14.3 Å². The minimum Gasteiger partial charge on any atom is -0.495 e. The zero-order chi connectivity index (χ0) is 11.7. The molecule has 16 heavy (non-hydrogen) atoms. The van der Waals surface area contributed by atoms with Gasteiger partial charge in [-0.1, -0.05) is 17.7 Å². The molecule has 2 rings (SSSR count). The van der Waals surface area contributed by atoms with Crippen LogP contribution < -0.4 is 4.74 Å². The van der Waals surface area contributed by atoms with Gasteiger partial charge < -0.3 is 9.47 Å². The van der Waals surface area contributed by atoms with E-state index >= 15 is 0 Å². The molecule has 1 fully saturated rings. The Bertz CT molecular complexity index is 455. The van der Waals surface area contributed by atoms with Crippen LogP contribution in [0.4, 0.5) is 0 Å². The fourth-order valence-electron chi connectivity index (χ4n) is 1.62. The first kappa shape index (κ1) is 11.0. The Morgan fingerprint density at radius 2 is 2.19 bits per heavy atom. The average molecular weight is 241 g/mol. The molecule has 1 unspecified atom stereocenters. The van der Waals surface area contributed by atoms with Gasteiger partial charge in [0.1, 0.15) is 5.75 Å². The molecule has 0 saturated carbocycles. The van der Waals surface area contributed by atoms with E-state index in [1.165, 1.54) is 7.11 Å². The topological polar surface area (TPSA) is 52.6 Å². The molecule has 0 N–H and O–H groups in total. The molecule has 0 aromatic heterocycles. The molecule has 1 atom stereocenters. The third-order valence-electron chi connectivity index (χ3n) is 2.45. The highest BCUT2D eigenvalue weighted by Crippen LogP contribution is 2.33. The fourth-order valence-corrected chi connectivity index (χ4v) is 1.82. The standard InChI is InChI=1S/C11H9ClO4/c1-15-9-4-6(2-3-8(9)12)7-5-10(13)16-11(7)14/h2-4,7H,5H2,1H3. The van der Waals surface area contributed by atoms with E-state index in [4.69, 9.17) is 16.3 Å². The van der Waals surface area contributed by atoms with Crippen LogP contribution in [0.15, 0.2) is 18.2 Å². The first-order chi connectivity index (χ1) is 7.61. The van der Waals surface area contributed by atoms with Crippen LogP contribution in [0.5, 0.6) is 5.75 Å². The maximum absolute atomic E-state index is 11.4. The van der Waals surface area contributed by atoms with Gasteiger partial charge in [0, 0.05) is 0 Å². The van der Waals surface area contributed by atoms with Crippen LogP contribution in [0.25, 0.3) is 0 Å². The van der Waals surface area contributed by atoms with Crippen molar-refractivity contribution in [2.75, 3.05) is 7.11 Å². The molecule has 1 aliphatic heterocycles. The summed E-state index contributed by atoms with van der Waals surface area (Å²) in [5.74, 6) is -1.08. The van der Waals surface area contributed by atoms with Crippen molar-refractivity contribution in [1.29, 1.82) is 0 Å². The lowest BCUT2D eigenvalue weighted by molar-refractivity contribution is -0.152. The molecule has 4 nitrogen and oxygen atoms in total. The van der Waals surface area contributed by atoms with Gasteiger partial charge in [-0.05, 0) is 17.7 Å². The monoisotopic (exact) mass is 240 g/mol. The molecule has 0 bridgehead atoms. The van der Waals surface area contributed by atoms with Crippen LogP contribution in [0, 0.1) is 0 Å². The third kappa shape index (κ3) is 1.88. The van der Waals surface area contributed by atoms with Gasteiger partial charge in [-0.15, -0.1) is 0 Å². The third-order valence-corrected chi connectivity index (χ3v) is 2.76. The van der Waals surface area contributed by atoms with Gasteiger partial charge in [0.2, 0.25) is 0 Å². The number of hydrogen-bond donors (Lipinski definition) is 0. The summed E-state index contributed by atoms with van der Waals surface area (Å²) in [7, 11) is 1.49. The van der Waals surface area contributed by atoms with Crippen molar-refractivity contribution in [3.63, 3.8) is 0 Å². The summed E-state index contributed by atoms with van der Waals surface area (Å²) < 4.78 is 9.52. The number of benzene rings is 1. The average Bonchev–Trinajstić information content (AvgIpc) is 2.59. The Labute approximate surface area is 97.1 Å². The summed E-state index contributed by atoms with van der Waals surface area (Å²) in [5, 5.41) is 0.462. The van der Waals surface area contributed by atoms with E-state index in [2.05, 4.69) is 4.74 Å². The Hall–Kier alpha value is -1.55. The first-order valence-corrected chi connectivity index (χ1v) is 5.07. The number of rotatable bonds is 2. The van der Waals surface area contributed by atoms with Crippen molar-refractivity contribution in [3.05, 3.63) is 28.8 Å². The summed E-state index contributed by atoms with van der Waals surface area (Å²) >= 11 is 5.86. The van der Waals surface area contributed by atoms with E-state index in [9.17, 15) is 9.59 Å². The van der Waals surface area contributed by atoms with Gasteiger partial charge >= 0.3 is 11.9 Å². The molecule has 5 heteroatoms. The Balaban J connectivity index is 2.34. The van der Waals surface area contributed by atoms with Gasteiger partial charge in [0.15, 0.2) is 0 Å². The number of halogens is 1. The molecular weight excluding hydrogens is 232 g/mol. The molecule has 1 aromatic carbocycles. The van der Waals surface area contributed by atoms with Gasteiger partial charge in [-0.2, -0.15) is 0 Å². The molecule has 1 heterocycles. The van der Waals surface area contributed by atoms with Gasteiger partial charge in [-0.25, -0.2) is 0 Å². The van der Waals surface area contributed by atoms with E-state index in [1.54, 1.807) is 18.2 Å². The number of cyclic esters (lactones) is 2. The summed E-state index contributed by atoms with van der Waals surface area (Å²) in [6.45, 7) is 0. The second kappa shape index (κ2) is 4.14. The SMILES string of the molecule is COc1cc(C2CC(=O)OC2=O)ccc1Cl. The predicted octanol–water partition coefficient (Wildman–Crippen LogP) is 1.91.